The van der Waals surface area contributed by atoms with Crippen LogP contribution in [0.1, 0.15) is 11.6 Å². The zero-order valence-corrected chi connectivity index (χ0v) is 8.13. The maximum atomic E-state index is 12.9. The smallest absolute Gasteiger partial charge is 0.317 e. The maximum Gasteiger partial charge on any atom is 0.317 e. The second kappa shape index (κ2) is 3.49. The largest absolute Gasteiger partial charge is 0.329 e. The highest BCUT2D eigenvalue weighted by molar-refractivity contribution is 5.76. The van der Waals surface area contributed by atoms with Crippen LogP contribution in [0.4, 0.5) is 13.6 Å². The molecule has 80 valence electrons. The first-order valence-electron chi connectivity index (χ1n) is 4.54. The summed E-state index contributed by atoms with van der Waals surface area (Å²) in [5, 5.41) is 2.66. The Bertz CT molecular complexity index is 408. The highest BCUT2D eigenvalue weighted by Crippen LogP contribution is 2.20. The highest BCUT2D eigenvalue weighted by atomic mass is 19.2. The molecule has 1 aromatic carbocycles. The van der Waals surface area contributed by atoms with E-state index in [4.69, 9.17) is 0 Å². The summed E-state index contributed by atoms with van der Waals surface area (Å²) in [7, 11) is 1.65. The van der Waals surface area contributed by atoms with Crippen molar-refractivity contribution in [3.05, 3.63) is 35.4 Å². The molecule has 5 heteroatoms. The zero-order chi connectivity index (χ0) is 11.0. The van der Waals surface area contributed by atoms with E-state index in [9.17, 15) is 13.6 Å². The summed E-state index contributed by atoms with van der Waals surface area (Å²) in [6.07, 6.45) is 0. The molecule has 1 aliphatic rings. The van der Waals surface area contributed by atoms with Crippen molar-refractivity contribution in [3.63, 3.8) is 0 Å². The van der Waals surface area contributed by atoms with Crippen LogP contribution in [-0.4, -0.2) is 24.5 Å². The third-order valence-electron chi connectivity index (χ3n) is 2.45. The number of carbonyl (C=O) groups excluding carboxylic acids is 1. The summed E-state index contributed by atoms with van der Waals surface area (Å²) in [6.45, 7) is 0.462. The number of hydrogen-bond acceptors (Lipinski definition) is 1. The summed E-state index contributed by atoms with van der Waals surface area (Å²) in [4.78, 5) is 12.6. The molecule has 2 amide bonds. The summed E-state index contributed by atoms with van der Waals surface area (Å²) in [5.74, 6) is -1.77. The minimum atomic E-state index is -0.892. The summed E-state index contributed by atoms with van der Waals surface area (Å²) in [6, 6.07) is 3.18. The number of urea groups is 1. The topological polar surface area (TPSA) is 32.3 Å². The van der Waals surface area contributed by atoms with Crippen molar-refractivity contribution >= 4 is 6.03 Å². The van der Waals surface area contributed by atoms with Crippen LogP contribution >= 0.6 is 0 Å². The molecule has 1 N–H and O–H groups in total. The van der Waals surface area contributed by atoms with Gasteiger partial charge in [-0.05, 0) is 17.7 Å². The molecule has 1 atom stereocenters. The number of likely N-dealkylation sites (N-methyl/N-ethyl adjacent to an activating group) is 1. The molecular weight excluding hydrogens is 202 g/mol. The standard InChI is InChI=1S/C10H10F2N2O/c1-14-5-9(13-10(14)15)6-2-3-7(11)8(12)4-6/h2-4,9H,5H2,1H3,(H,13,15). The fourth-order valence-electron chi connectivity index (χ4n) is 1.58. The molecule has 0 spiro atoms. The fourth-order valence-corrected chi connectivity index (χ4v) is 1.58. The number of nitrogens with one attached hydrogen (secondary N) is 1. The molecule has 3 nitrogen and oxygen atoms in total. The molecule has 0 aliphatic carbocycles. The SMILES string of the molecule is CN1CC(c2ccc(F)c(F)c2)NC1=O. The molecular formula is C10H10F2N2O. The van der Waals surface area contributed by atoms with Gasteiger partial charge in [0.2, 0.25) is 0 Å². The average molecular weight is 212 g/mol. The van der Waals surface area contributed by atoms with E-state index < -0.39 is 11.6 Å². The number of rotatable bonds is 1. The second-order valence-corrected chi connectivity index (χ2v) is 3.56. The molecule has 0 saturated carbocycles. The van der Waals surface area contributed by atoms with Gasteiger partial charge in [-0.3, -0.25) is 0 Å². The third-order valence-corrected chi connectivity index (χ3v) is 2.45. The van der Waals surface area contributed by atoms with Gasteiger partial charge in [0.15, 0.2) is 11.6 Å². The monoisotopic (exact) mass is 212 g/mol. The number of nitrogens with zero attached hydrogens (tertiary/aromatic N) is 1. The first kappa shape index (κ1) is 9.89. The fraction of sp³-hybridized carbons (Fsp3) is 0.300. The van der Waals surface area contributed by atoms with E-state index in [1.807, 2.05) is 0 Å². The Hall–Kier alpha value is -1.65. The van der Waals surface area contributed by atoms with Gasteiger partial charge < -0.3 is 10.2 Å². The Kier molecular flexibility index (Phi) is 2.30. The lowest BCUT2D eigenvalue weighted by Gasteiger charge is -2.09. The van der Waals surface area contributed by atoms with E-state index in [1.54, 1.807) is 7.05 Å². The van der Waals surface area contributed by atoms with Crippen molar-refractivity contribution in [1.82, 2.24) is 10.2 Å². The quantitative estimate of drug-likeness (QED) is 0.754. The van der Waals surface area contributed by atoms with Crippen LogP contribution in [0, 0.1) is 11.6 Å². The minimum Gasteiger partial charge on any atom is -0.329 e. The van der Waals surface area contributed by atoms with Gasteiger partial charge in [0.1, 0.15) is 0 Å². The van der Waals surface area contributed by atoms with Gasteiger partial charge in [-0.2, -0.15) is 0 Å². The molecule has 0 bridgehead atoms. The highest BCUT2D eigenvalue weighted by Gasteiger charge is 2.27. The van der Waals surface area contributed by atoms with E-state index in [1.165, 1.54) is 11.0 Å². The van der Waals surface area contributed by atoms with Crippen LogP contribution < -0.4 is 5.32 Å². The summed E-state index contributed by atoms with van der Waals surface area (Å²) >= 11 is 0. The molecule has 1 fully saturated rings. The number of halogens is 2. The van der Waals surface area contributed by atoms with E-state index >= 15 is 0 Å². The lowest BCUT2D eigenvalue weighted by Crippen LogP contribution is -2.23. The first-order valence-corrected chi connectivity index (χ1v) is 4.54. The molecule has 15 heavy (non-hydrogen) atoms. The van der Waals surface area contributed by atoms with Crippen LogP contribution in [0.3, 0.4) is 0 Å². The molecule has 0 aromatic heterocycles. The van der Waals surface area contributed by atoms with Crippen molar-refractivity contribution in [1.29, 1.82) is 0 Å². The van der Waals surface area contributed by atoms with Crippen molar-refractivity contribution < 1.29 is 13.6 Å². The first-order chi connectivity index (χ1) is 7.08. The molecule has 1 aromatic rings. The van der Waals surface area contributed by atoms with Crippen LogP contribution in [-0.2, 0) is 0 Å². The number of hydrogen-bond donors (Lipinski definition) is 1. The van der Waals surface area contributed by atoms with Crippen molar-refractivity contribution in [3.8, 4) is 0 Å². The predicted molar refractivity (Wildman–Crippen MR) is 50.3 cm³/mol. The Morgan fingerprint density at radius 3 is 2.67 bits per heavy atom. The van der Waals surface area contributed by atoms with Gasteiger partial charge >= 0.3 is 6.03 Å². The van der Waals surface area contributed by atoms with E-state index in [2.05, 4.69) is 5.32 Å². The minimum absolute atomic E-state index is 0.204. The Balaban J connectivity index is 2.24. The molecule has 1 aliphatic heterocycles. The van der Waals surface area contributed by atoms with Gasteiger partial charge in [-0.1, -0.05) is 6.07 Å². The normalized spacial score (nSPS) is 20.6. The molecule has 1 unspecified atom stereocenters. The van der Waals surface area contributed by atoms with E-state index in [0.717, 1.165) is 12.1 Å². The Labute approximate surface area is 85.7 Å². The number of carbonyl (C=O) groups is 1. The van der Waals surface area contributed by atoms with Crippen molar-refractivity contribution in [2.24, 2.45) is 0 Å². The van der Waals surface area contributed by atoms with Gasteiger partial charge in [0.25, 0.3) is 0 Å². The Morgan fingerprint density at radius 1 is 1.40 bits per heavy atom. The second-order valence-electron chi connectivity index (χ2n) is 3.56. The average Bonchev–Trinajstić information content (AvgIpc) is 2.52. The van der Waals surface area contributed by atoms with Gasteiger partial charge in [-0.15, -0.1) is 0 Å². The Morgan fingerprint density at radius 2 is 2.13 bits per heavy atom. The van der Waals surface area contributed by atoms with Crippen molar-refractivity contribution in [2.75, 3.05) is 13.6 Å². The van der Waals surface area contributed by atoms with E-state index in [0.29, 0.717) is 12.1 Å². The summed E-state index contributed by atoms with van der Waals surface area (Å²) < 4.78 is 25.6. The molecule has 0 radical (unpaired) electrons. The molecule has 1 saturated heterocycles. The lowest BCUT2D eigenvalue weighted by molar-refractivity contribution is 0.226. The zero-order valence-electron chi connectivity index (χ0n) is 8.13. The van der Waals surface area contributed by atoms with Crippen LogP contribution in [0.5, 0.6) is 0 Å². The maximum absolute atomic E-state index is 12.9. The summed E-state index contributed by atoms with van der Waals surface area (Å²) in [5.41, 5.74) is 0.576. The lowest BCUT2D eigenvalue weighted by atomic mass is 10.1. The van der Waals surface area contributed by atoms with E-state index in [-0.39, 0.29) is 12.1 Å². The van der Waals surface area contributed by atoms with Crippen LogP contribution in [0.25, 0.3) is 0 Å². The van der Waals surface area contributed by atoms with Crippen molar-refractivity contribution in [2.45, 2.75) is 6.04 Å². The number of benzene rings is 1. The number of amides is 2. The predicted octanol–water partition coefficient (Wildman–Crippen LogP) is 1.66. The third kappa shape index (κ3) is 1.77. The van der Waals surface area contributed by atoms with Gasteiger partial charge in [0.05, 0.1) is 6.04 Å². The van der Waals surface area contributed by atoms with Crippen LogP contribution in [0.2, 0.25) is 0 Å². The van der Waals surface area contributed by atoms with Crippen LogP contribution in [0.15, 0.2) is 18.2 Å². The molecule has 2 rings (SSSR count). The molecule has 1 heterocycles. The van der Waals surface area contributed by atoms with Gasteiger partial charge in [-0.25, -0.2) is 13.6 Å². The van der Waals surface area contributed by atoms with Gasteiger partial charge in [0, 0.05) is 13.6 Å².